The van der Waals surface area contributed by atoms with E-state index in [0.29, 0.717) is 19.1 Å². The number of hydrogen-bond acceptors (Lipinski definition) is 3. The van der Waals surface area contributed by atoms with E-state index in [1.807, 2.05) is 31.2 Å². The quantitative estimate of drug-likeness (QED) is 0.875. The van der Waals surface area contributed by atoms with Crippen molar-refractivity contribution in [3.05, 3.63) is 29.8 Å². The topological polar surface area (TPSA) is 58.4 Å². The van der Waals surface area contributed by atoms with Crippen molar-refractivity contribution >= 4 is 11.6 Å². The third-order valence-corrected chi connectivity index (χ3v) is 4.44. The largest absolute Gasteiger partial charge is 0.329 e. The lowest BCUT2D eigenvalue weighted by atomic mass is 9.89. The van der Waals surface area contributed by atoms with Crippen LogP contribution in [0, 0.1) is 12.8 Å². The molecule has 2 atom stereocenters. The van der Waals surface area contributed by atoms with Crippen LogP contribution >= 0.6 is 0 Å². The van der Waals surface area contributed by atoms with Crippen LogP contribution in [0.2, 0.25) is 0 Å². The predicted molar refractivity (Wildman–Crippen MR) is 87.2 cm³/mol. The molecule has 1 aliphatic heterocycles. The number of piperidine rings is 1. The van der Waals surface area contributed by atoms with Crippen molar-refractivity contribution in [1.82, 2.24) is 4.90 Å². The highest BCUT2D eigenvalue weighted by Gasteiger charge is 2.27. The zero-order chi connectivity index (χ0) is 15.2. The minimum Gasteiger partial charge on any atom is -0.329 e. The molecule has 116 valence electrons. The number of hydrogen-bond donors (Lipinski definition) is 2. The van der Waals surface area contributed by atoms with Gasteiger partial charge >= 0.3 is 0 Å². The number of likely N-dealkylation sites (tertiary alicyclic amines) is 1. The second-order valence-electron chi connectivity index (χ2n) is 6.08. The summed E-state index contributed by atoms with van der Waals surface area (Å²) in [5.41, 5.74) is 7.90. The Morgan fingerprint density at radius 1 is 1.48 bits per heavy atom. The third-order valence-electron chi connectivity index (χ3n) is 4.44. The summed E-state index contributed by atoms with van der Waals surface area (Å²) in [6, 6.07) is 8.23. The fraction of sp³-hybridized carbons (Fsp3) is 0.588. The Kier molecular flexibility index (Phi) is 5.76. The average molecular weight is 289 g/mol. The number of nitrogens with zero attached hydrogens (tertiary/aromatic N) is 1. The maximum absolute atomic E-state index is 12.2. The van der Waals surface area contributed by atoms with Crippen molar-refractivity contribution in [2.24, 2.45) is 11.7 Å². The highest BCUT2D eigenvalue weighted by Crippen LogP contribution is 2.24. The first-order valence-electron chi connectivity index (χ1n) is 7.93. The molecule has 0 aromatic heterocycles. The van der Waals surface area contributed by atoms with Crippen LogP contribution in [0.3, 0.4) is 0 Å². The number of amides is 1. The van der Waals surface area contributed by atoms with Crippen molar-refractivity contribution in [3.63, 3.8) is 0 Å². The van der Waals surface area contributed by atoms with E-state index in [-0.39, 0.29) is 5.91 Å². The summed E-state index contributed by atoms with van der Waals surface area (Å²) in [5, 5.41) is 2.98. The Balaban J connectivity index is 1.89. The summed E-state index contributed by atoms with van der Waals surface area (Å²) < 4.78 is 0. The van der Waals surface area contributed by atoms with E-state index in [2.05, 4.69) is 17.1 Å². The van der Waals surface area contributed by atoms with Gasteiger partial charge in [0.05, 0.1) is 6.54 Å². The zero-order valence-corrected chi connectivity index (χ0v) is 13.1. The molecule has 1 aromatic rings. The number of carbonyl (C=O) groups is 1. The molecule has 1 amide bonds. The van der Waals surface area contributed by atoms with Crippen LogP contribution in [0.5, 0.6) is 0 Å². The maximum atomic E-state index is 12.2. The zero-order valence-electron chi connectivity index (χ0n) is 13.1. The van der Waals surface area contributed by atoms with Crippen molar-refractivity contribution in [2.75, 3.05) is 25.0 Å². The van der Waals surface area contributed by atoms with Crippen LogP contribution in [0.1, 0.15) is 31.7 Å². The highest BCUT2D eigenvalue weighted by atomic mass is 16.2. The van der Waals surface area contributed by atoms with Gasteiger partial charge in [-0.05, 0) is 49.9 Å². The van der Waals surface area contributed by atoms with Gasteiger partial charge in [0, 0.05) is 18.3 Å². The van der Waals surface area contributed by atoms with E-state index < -0.39 is 0 Å². The summed E-state index contributed by atoms with van der Waals surface area (Å²) in [4.78, 5) is 14.4. The van der Waals surface area contributed by atoms with Gasteiger partial charge in [-0.25, -0.2) is 0 Å². The number of nitrogens with two attached hydrogens (primary N) is 1. The van der Waals surface area contributed by atoms with Gasteiger partial charge in [0.15, 0.2) is 0 Å². The Hall–Kier alpha value is -1.39. The monoisotopic (exact) mass is 289 g/mol. The van der Waals surface area contributed by atoms with Crippen molar-refractivity contribution in [3.8, 4) is 0 Å². The molecule has 2 rings (SSSR count). The molecule has 1 aromatic carbocycles. The van der Waals surface area contributed by atoms with Crippen LogP contribution in [0.4, 0.5) is 5.69 Å². The lowest BCUT2D eigenvalue weighted by Gasteiger charge is -2.38. The molecule has 1 heterocycles. The SMILES string of the molecule is CCC1CCN(CC(=O)Nc2cccc(C)c2)C(CN)C1. The van der Waals surface area contributed by atoms with E-state index in [9.17, 15) is 4.79 Å². The average Bonchev–Trinajstić information content (AvgIpc) is 2.47. The molecule has 0 spiro atoms. The molecule has 0 radical (unpaired) electrons. The first kappa shape index (κ1) is 16.0. The number of carbonyl (C=O) groups excluding carboxylic acids is 1. The lowest BCUT2D eigenvalue weighted by Crippen LogP contribution is -2.49. The smallest absolute Gasteiger partial charge is 0.238 e. The molecule has 3 N–H and O–H groups in total. The highest BCUT2D eigenvalue weighted by molar-refractivity contribution is 5.92. The number of anilines is 1. The minimum absolute atomic E-state index is 0.0500. The molecule has 4 heteroatoms. The molecule has 0 aliphatic carbocycles. The van der Waals surface area contributed by atoms with Gasteiger partial charge in [0.1, 0.15) is 0 Å². The molecule has 4 nitrogen and oxygen atoms in total. The summed E-state index contributed by atoms with van der Waals surface area (Å²) in [5.74, 6) is 0.809. The maximum Gasteiger partial charge on any atom is 0.238 e. The van der Waals surface area contributed by atoms with Crippen LogP contribution in [0.25, 0.3) is 0 Å². The van der Waals surface area contributed by atoms with Gasteiger partial charge in [-0.2, -0.15) is 0 Å². The number of benzene rings is 1. The summed E-state index contributed by atoms with van der Waals surface area (Å²) in [6.45, 7) is 6.30. The molecule has 0 bridgehead atoms. The van der Waals surface area contributed by atoms with Crippen molar-refractivity contribution < 1.29 is 4.79 Å². The van der Waals surface area contributed by atoms with Crippen molar-refractivity contribution in [2.45, 2.75) is 39.2 Å². The van der Waals surface area contributed by atoms with Gasteiger partial charge in [0.25, 0.3) is 0 Å². The van der Waals surface area contributed by atoms with Crippen LogP contribution < -0.4 is 11.1 Å². The first-order valence-corrected chi connectivity index (χ1v) is 7.93. The molecule has 0 saturated carbocycles. The molecular formula is C17H27N3O. The molecule has 1 aliphatic rings. The van der Waals surface area contributed by atoms with Crippen molar-refractivity contribution in [1.29, 1.82) is 0 Å². The molecule has 21 heavy (non-hydrogen) atoms. The van der Waals surface area contributed by atoms with Gasteiger partial charge in [-0.3, -0.25) is 9.69 Å². The molecule has 2 unspecified atom stereocenters. The Bertz CT molecular complexity index is 475. The minimum atomic E-state index is 0.0500. The molecule has 1 saturated heterocycles. The Labute approximate surface area is 127 Å². The Morgan fingerprint density at radius 2 is 2.29 bits per heavy atom. The summed E-state index contributed by atoms with van der Waals surface area (Å²) in [7, 11) is 0. The van der Waals surface area contributed by atoms with E-state index in [0.717, 1.165) is 30.1 Å². The van der Waals surface area contributed by atoms with Crippen LogP contribution in [0.15, 0.2) is 24.3 Å². The number of nitrogens with one attached hydrogen (secondary N) is 1. The van der Waals surface area contributed by atoms with Gasteiger partial charge in [0.2, 0.25) is 5.91 Å². The van der Waals surface area contributed by atoms with Gasteiger partial charge in [-0.15, -0.1) is 0 Å². The third kappa shape index (κ3) is 4.55. The molecular weight excluding hydrogens is 262 g/mol. The predicted octanol–water partition coefficient (Wildman–Crippen LogP) is 2.38. The normalized spacial score (nSPS) is 23.0. The second-order valence-corrected chi connectivity index (χ2v) is 6.08. The molecule has 1 fully saturated rings. The van der Waals surface area contributed by atoms with Crippen LogP contribution in [-0.2, 0) is 4.79 Å². The van der Waals surface area contributed by atoms with E-state index in [1.165, 1.54) is 12.8 Å². The Morgan fingerprint density at radius 3 is 2.95 bits per heavy atom. The first-order chi connectivity index (χ1) is 10.1. The van der Waals surface area contributed by atoms with Gasteiger partial charge < -0.3 is 11.1 Å². The van der Waals surface area contributed by atoms with E-state index in [1.54, 1.807) is 0 Å². The summed E-state index contributed by atoms with van der Waals surface area (Å²) in [6.07, 6.45) is 3.50. The summed E-state index contributed by atoms with van der Waals surface area (Å²) >= 11 is 0. The number of aryl methyl sites for hydroxylation is 1. The van der Waals surface area contributed by atoms with Crippen LogP contribution in [-0.4, -0.2) is 36.5 Å². The standard InChI is InChI=1S/C17H27N3O/c1-3-14-7-8-20(16(10-14)11-18)12-17(21)19-15-6-4-5-13(2)9-15/h4-6,9,14,16H,3,7-8,10-12,18H2,1-2H3,(H,19,21). The second kappa shape index (κ2) is 7.57. The fourth-order valence-electron chi connectivity index (χ4n) is 3.11. The van der Waals surface area contributed by atoms with E-state index >= 15 is 0 Å². The number of rotatable bonds is 5. The van der Waals surface area contributed by atoms with E-state index in [4.69, 9.17) is 5.73 Å². The lowest BCUT2D eigenvalue weighted by molar-refractivity contribution is -0.118. The fourth-order valence-corrected chi connectivity index (χ4v) is 3.11. The van der Waals surface area contributed by atoms with Gasteiger partial charge in [-0.1, -0.05) is 25.5 Å².